The second-order valence-corrected chi connectivity index (χ2v) is 16.8. The summed E-state index contributed by atoms with van der Waals surface area (Å²) >= 11 is 0. The second kappa shape index (κ2) is 35.1. The number of nitrogens with one attached hydrogen (secondary N) is 3. The average Bonchev–Trinajstić information content (AvgIpc) is 3.14. The van der Waals surface area contributed by atoms with Crippen LogP contribution < -0.4 is 27.4 Å². The molecule has 1 aliphatic heterocycles. The lowest BCUT2D eigenvalue weighted by Crippen LogP contribution is -2.68. The van der Waals surface area contributed by atoms with Crippen LogP contribution in [-0.2, 0) is 0 Å². The van der Waals surface area contributed by atoms with Gasteiger partial charge in [0.1, 0.15) is 0 Å². The number of nitrogens with zero attached hydrogens (tertiary/aromatic N) is 1. The molecule has 8 nitrogen and oxygen atoms in total. The van der Waals surface area contributed by atoms with Crippen LogP contribution in [0.4, 0.5) is 0 Å². The molecule has 8 heteroatoms. The van der Waals surface area contributed by atoms with Crippen molar-refractivity contribution in [1.82, 2.24) is 20.9 Å². The zero-order valence-corrected chi connectivity index (χ0v) is 35.4. The van der Waals surface area contributed by atoms with Crippen LogP contribution in [0.25, 0.3) is 0 Å². The quantitative estimate of drug-likeness (QED) is 0.0316. The number of piperazine rings is 1. The average molecular weight is 739 g/mol. The van der Waals surface area contributed by atoms with E-state index in [1.54, 1.807) is 0 Å². The van der Waals surface area contributed by atoms with Gasteiger partial charge in [-0.05, 0) is 90.4 Å². The number of nitrogens with two attached hydrogens (primary N) is 2. The van der Waals surface area contributed by atoms with Gasteiger partial charge in [0.15, 0.2) is 0 Å². The zero-order valence-electron chi connectivity index (χ0n) is 35.4. The van der Waals surface area contributed by atoms with Crippen molar-refractivity contribution in [3.63, 3.8) is 0 Å². The fraction of sp³-hybridized carbons (Fsp3) is 1.00. The summed E-state index contributed by atoms with van der Waals surface area (Å²) in [7, 11) is 0. The minimum atomic E-state index is -0.507. The van der Waals surface area contributed by atoms with Crippen molar-refractivity contribution in [2.45, 2.75) is 225 Å². The molecule has 0 aliphatic carbocycles. The highest BCUT2D eigenvalue weighted by atomic mass is 16.3. The molecule has 9 N–H and O–H groups in total. The molecule has 0 spiro atoms. The van der Waals surface area contributed by atoms with Gasteiger partial charge in [-0.15, -0.1) is 0 Å². The van der Waals surface area contributed by atoms with Gasteiger partial charge in [-0.3, -0.25) is 10.2 Å². The molecule has 0 aromatic rings. The second-order valence-electron chi connectivity index (χ2n) is 16.8. The number of hydrogen-bond acceptors (Lipinski definition) is 8. The fourth-order valence-electron chi connectivity index (χ4n) is 8.67. The summed E-state index contributed by atoms with van der Waals surface area (Å²) < 4.78 is 0. The molecule has 0 aromatic heterocycles. The summed E-state index contributed by atoms with van der Waals surface area (Å²) in [6.45, 7) is 14.3. The predicted molar refractivity (Wildman–Crippen MR) is 227 cm³/mol. The lowest BCUT2D eigenvalue weighted by atomic mass is 9.91. The maximum Gasteiger partial charge on any atom is 0.0866 e. The Morgan fingerprint density at radius 2 is 1.00 bits per heavy atom. The van der Waals surface area contributed by atoms with Crippen molar-refractivity contribution in [3.8, 4) is 0 Å². The summed E-state index contributed by atoms with van der Waals surface area (Å²) in [5.41, 5.74) is 11.9. The van der Waals surface area contributed by atoms with E-state index < -0.39 is 12.2 Å². The van der Waals surface area contributed by atoms with Crippen LogP contribution in [-0.4, -0.2) is 91.4 Å². The van der Waals surface area contributed by atoms with Crippen LogP contribution in [0.3, 0.4) is 0 Å². The summed E-state index contributed by atoms with van der Waals surface area (Å²) in [5.74, 6) is 1.37. The van der Waals surface area contributed by atoms with E-state index in [0.717, 1.165) is 71.5 Å². The molecule has 0 bridgehead atoms. The first-order valence-electron chi connectivity index (χ1n) is 23.1. The number of aliphatic hydroxyl groups is 2. The maximum absolute atomic E-state index is 11.1. The van der Waals surface area contributed by atoms with E-state index in [9.17, 15) is 10.2 Å². The van der Waals surface area contributed by atoms with Crippen LogP contribution in [0.1, 0.15) is 195 Å². The van der Waals surface area contributed by atoms with Crippen LogP contribution in [0.15, 0.2) is 0 Å². The lowest BCUT2D eigenvalue weighted by molar-refractivity contribution is -0.0244. The lowest BCUT2D eigenvalue weighted by Gasteiger charge is -2.47. The Morgan fingerprint density at radius 3 is 1.42 bits per heavy atom. The van der Waals surface area contributed by atoms with Gasteiger partial charge >= 0.3 is 0 Å². The van der Waals surface area contributed by atoms with E-state index in [1.165, 1.54) is 141 Å². The smallest absolute Gasteiger partial charge is 0.0866 e. The van der Waals surface area contributed by atoms with E-state index in [0.29, 0.717) is 11.8 Å². The van der Waals surface area contributed by atoms with E-state index >= 15 is 0 Å². The first-order valence-corrected chi connectivity index (χ1v) is 23.1. The molecule has 0 aromatic carbocycles. The van der Waals surface area contributed by atoms with Gasteiger partial charge in [0.25, 0.3) is 0 Å². The SMILES string of the molecule is CCCCCCCCCCCC(CCCN)CCNC(C(C)O)C1CNCCN1C(NCCC(CCCN)CCCCCCCCCCC)C(C)O. The van der Waals surface area contributed by atoms with Crippen molar-refractivity contribution in [2.24, 2.45) is 23.3 Å². The minimum absolute atomic E-state index is 0.0670. The predicted octanol–water partition coefficient (Wildman–Crippen LogP) is 8.23. The van der Waals surface area contributed by atoms with Gasteiger partial charge in [0.05, 0.1) is 18.4 Å². The Hall–Kier alpha value is -0.320. The van der Waals surface area contributed by atoms with Gasteiger partial charge in [-0.2, -0.15) is 0 Å². The van der Waals surface area contributed by atoms with Gasteiger partial charge in [0, 0.05) is 31.7 Å². The molecule has 1 aliphatic rings. The van der Waals surface area contributed by atoms with Gasteiger partial charge in [-0.1, -0.05) is 142 Å². The van der Waals surface area contributed by atoms with Crippen LogP contribution >= 0.6 is 0 Å². The minimum Gasteiger partial charge on any atom is -0.392 e. The molecule has 0 saturated carbocycles. The monoisotopic (exact) mass is 739 g/mol. The highest BCUT2D eigenvalue weighted by molar-refractivity contribution is 4.96. The summed E-state index contributed by atoms with van der Waals surface area (Å²) in [6, 6.07) is 0.0262. The summed E-state index contributed by atoms with van der Waals surface area (Å²) in [4.78, 5) is 2.44. The number of hydrogen-bond donors (Lipinski definition) is 7. The summed E-state index contributed by atoms with van der Waals surface area (Å²) in [5, 5.41) is 33.4. The van der Waals surface area contributed by atoms with Gasteiger partial charge < -0.3 is 32.3 Å². The van der Waals surface area contributed by atoms with E-state index in [2.05, 4.69) is 34.7 Å². The zero-order chi connectivity index (χ0) is 38.1. The number of rotatable bonds is 38. The van der Waals surface area contributed by atoms with E-state index in [1.807, 2.05) is 13.8 Å². The molecule has 1 rings (SSSR count). The number of aliphatic hydroxyl groups excluding tert-OH is 2. The fourth-order valence-corrected chi connectivity index (χ4v) is 8.67. The Balaban J connectivity index is 2.65. The van der Waals surface area contributed by atoms with Crippen LogP contribution in [0.2, 0.25) is 0 Å². The molecule has 1 heterocycles. The Bertz CT molecular complexity index is 684. The largest absolute Gasteiger partial charge is 0.392 e. The molecular weight excluding hydrogens is 645 g/mol. The first kappa shape index (κ1) is 49.7. The third-order valence-corrected chi connectivity index (χ3v) is 12.0. The van der Waals surface area contributed by atoms with E-state index in [-0.39, 0.29) is 18.2 Å². The highest BCUT2D eigenvalue weighted by Crippen LogP contribution is 2.23. The molecule has 0 amide bonds. The number of unbranched alkanes of at least 4 members (excludes halogenated alkanes) is 16. The van der Waals surface area contributed by atoms with Crippen molar-refractivity contribution >= 4 is 0 Å². The standard InChI is InChI=1S/C44H94N6O2/c1-5-7-9-11-13-15-17-19-21-25-40(27-23-31-45)29-33-48-43(38(3)51)42-37-47-35-36-50(42)44(39(4)52)49-34-30-41(28-24-32-46)26-22-20-18-16-14-12-10-8-6-2/h38-44,47-49,51-52H,5-37,45-46H2,1-4H3. The first-order chi connectivity index (χ1) is 25.4. The van der Waals surface area contributed by atoms with Crippen molar-refractivity contribution in [1.29, 1.82) is 0 Å². The third kappa shape index (κ3) is 25.0. The normalized spacial score (nSPS) is 19.0. The molecule has 1 fully saturated rings. The van der Waals surface area contributed by atoms with Crippen LogP contribution in [0, 0.1) is 11.8 Å². The maximum atomic E-state index is 11.1. The van der Waals surface area contributed by atoms with Crippen molar-refractivity contribution in [3.05, 3.63) is 0 Å². The Labute approximate surface area is 324 Å². The molecule has 312 valence electrons. The molecule has 1 saturated heterocycles. The Kier molecular flexibility index (Phi) is 33.6. The summed E-state index contributed by atoms with van der Waals surface area (Å²) in [6.07, 6.45) is 32.9. The molecule has 0 radical (unpaired) electrons. The van der Waals surface area contributed by atoms with Crippen molar-refractivity contribution < 1.29 is 10.2 Å². The molecule has 52 heavy (non-hydrogen) atoms. The Morgan fingerprint density at radius 1 is 0.577 bits per heavy atom. The van der Waals surface area contributed by atoms with Crippen LogP contribution in [0.5, 0.6) is 0 Å². The van der Waals surface area contributed by atoms with Gasteiger partial charge in [0.2, 0.25) is 0 Å². The van der Waals surface area contributed by atoms with Gasteiger partial charge in [-0.25, -0.2) is 0 Å². The topological polar surface area (TPSA) is 132 Å². The van der Waals surface area contributed by atoms with E-state index in [4.69, 9.17) is 11.5 Å². The molecule has 7 unspecified atom stereocenters. The highest BCUT2D eigenvalue weighted by Gasteiger charge is 2.37. The molecular formula is C44H94N6O2. The van der Waals surface area contributed by atoms with Crippen molar-refractivity contribution in [2.75, 3.05) is 45.8 Å². The third-order valence-electron chi connectivity index (χ3n) is 12.0. The molecule has 7 atom stereocenters.